The maximum Gasteiger partial charge on any atom is 0.123 e. The quantitative estimate of drug-likeness (QED) is 0.656. The number of nitrogens with two attached hydrogens (primary N) is 1. The van der Waals surface area contributed by atoms with Crippen molar-refractivity contribution in [3.05, 3.63) is 16.1 Å². The Labute approximate surface area is 63.5 Å². The van der Waals surface area contributed by atoms with E-state index < -0.39 is 6.10 Å². The molecule has 3 nitrogen and oxygen atoms in total. The van der Waals surface area contributed by atoms with Crippen LogP contribution < -0.4 is 5.73 Å². The fourth-order valence-electron chi connectivity index (χ4n) is 0.626. The minimum Gasteiger partial charge on any atom is -0.385 e. The van der Waals surface area contributed by atoms with Crippen LogP contribution in [0.1, 0.15) is 16.8 Å². The highest BCUT2D eigenvalue weighted by Crippen LogP contribution is 2.15. The van der Waals surface area contributed by atoms with Crippen LogP contribution in [0, 0.1) is 6.92 Å². The highest BCUT2D eigenvalue weighted by molar-refractivity contribution is 7.09. The average molecular weight is 158 g/mol. The molecule has 0 aliphatic rings. The molecular weight excluding hydrogens is 148 g/mol. The highest BCUT2D eigenvalue weighted by atomic mass is 32.1. The van der Waals surface area contributed by atoms with Gasteiger partial charge in [0, 0.05) is 17.6 Å². The van der Waals surface area contributed by atoms with Crippen LogP contribution in [0.15, 0.2) is 5.38 Å². The van der Waals surface area contributed by atoms with Crippen LogP contribution in [0.5, 0.6) is 0 Å². The summed E-state index contributed by atoms with van der Waals surface area (Å²) in [6.07, 6.45) is -0.585. The summed E-state index contributed by atoms with van der Waals surface area (Å²) in [5, 5.41) is 11.8. The number of aryl methyl sites for hydroxylation is 1. The van der Waals surface area contributed by atoms with Crippen LogP contribution in [0.4, 0.5) is 0 Å². The van der Waals surface area contributed by atoms with E-state index >= 15 is 0 Å². The Morgan fingerprint density at radius 2 is 2.60 bits per heavy atom. The van der Waals surface area contributed by atoms with Gasteiger partial charge in [0.2, 0.25) is 0 Å². The third-order valence-electron chi connectivity index (χ3n) is 1.15. The molecule has 1 aromatic rings. The first-order valence-electron chi connectivity index (χ1n) is 3.04. The van der Waals surface area contributed by atoms with Crippen LogP contribution >= 0.6 is 11.3 Å². The Morgan fingerprint density at radius 1 is 1.90 bits per heavy atom. The zero-order chi connectivity index (χ0) is 7.56. The molecule has 1 heterocycles. The fraction of sp³-hybridized carbons (Fsp3) is 0.500. The molecule has 1 atom stereocenters. The monoisotopic (exact) mass is 158 g/mol. The Hall–Kier alpha value is -0.450. The molecule has 4 heteroatoms. The van der Waals surface area contributed by atoms with Crippen molar-refractivity contribution in [3.8, 4) is 0 Å². The summed E-state index contributed by atoms with van der Waals surface area (Å²) in [5.74, 6) is 0. The molecule has 0 fully saturated rings. The van der Waals surface area contributed by atoms with Crippen molar-refractivity contribution in [2.45, 2.75) is 13.0 Å². The Kier molecular flexibility index (Phi) is 2.37. The van der Waals surface area contributed by atoms with Gasteiger partial charge in [0.1, 0.15) is 11.1 Å². The molecule has 3 N–H and O–H groups in total. The first-order chi connectivity index (χ1) is 4.74. The predicted molar refractivity (Wildman–Crippen MR) is 40.9 cm³/mol. The molecule has 0 unspecified atom stereocenters. The lowest BCUT2D eigenvalue weighted by Crippen LogP contribution is -2.10. The molecule has 10 heavy (non-hydrogen) atoms. The van der Waals surface area contributed by atoms with Gasteiger partial charge >= 0.3 is 0 Å². The lowest BCUT2D eigenvalue weighted by atomic mass is 10.4. The molecule has 1 rings (SSSR count). The largest absolute Gasteiger partial charge is 0.385 e. The van der Waals surface area contributed by atoms with Gasteiger partial charge in [-0.1, -0.05) is 0 Å². The van der Waals surface area contributed by atoms with Gasteiger partial charge in [0.25, 0.3) is 0 Å². The van der Waals surface area contributed by atoms with Gasteiger partial charge in [0.05, 0.1) is 0 Å². The predicted octanol–water partition coefficient (Wildman–Crippen LogP) is 0.444. The van der Waals surface area contributed by atoms with E-state index in [1.54, 1.807) is 0 Å². The van der Waals surface area contributed by atoms with Crippen molar-refractivity contribution in [1.82, 2.24) is 4.98 Å². The van der Waals surface area contributed by atoms with Gasteiger partial charge in [-0.15, -0.1) is 11.3 Å². The number of hydrogen-bond donors (Lipinski definition) is 2. The third-order valence-corrected chi connectivity index (χ3v) is 2.21. The summed E-state index contributed by atoms with van der Waals surface area (Å²) in [4.78, 5) is 4.07. The van der Waals surface area contributed by atoms with E-state index in [2.05, 4.69) is 4.98 Å². The van der Waals surface area contributed by atoms with E-state index in [0.717, 1.165) is 5.69 Å². The van der Waals surface area contributed by atoms with Crippen LogP contribution in [0.3, 0.4) is 0 Å². The molecule has 0 saturated carbocycles. The molecule has 1 aromatic heterocycles. The van der Waals surface area contributed by atoms with Gasteiger partial charge in [-0.2, -0.15) is 0 Å². The lowest BCUT2D eigenvalue weighted by molar-refractivity contribution is 0.186. The standard InChI is InChI=1S/C6H10N2OS/c1-4-3-10-6(8-4)5(9)2-7/h3,5,9H,2,7H2,1H3/t5-/m1/s1. The fourth-order valence-corrected chi connectivity index (χ4v) is 1.42. The zero-order valence-corrected chi connectivity index (χ0v) is 6.56. The molecule has 56 valence electrons. The number of rotatable bonds is 2. The molecule has 0 radical (unpaired) electrons. The van der Waals surface area contributed by atoms with E-state index in [4.69, 9.17) is 10.8 Å². The van der Waals surface area contributed by atoms with Crippen molar-refractivity contribution in [2.24, 2.45) is 5.73 Å². The number of aromatic nitrogens is 1. The Balaban J connectivity index is 2.74. The van der Waals surface area contributed by atoms with Crippen molar-refractivity contribution in [3.63, 3.8) is 0 Å². The van der Waals surface area contributed by atoms with E-state index in [0.29, 0.717) is 5.01 Å². The number of aliphatic hydroxyl groups excluding tert-OH is 1. The minimum absolute atomic E-state index is 0.243. The molecule has 0 spiro atoms. The van der Waals surface area contributed by atoms with Crippen LogP contribution in [-0.2, 0) is 0 Å². The number of thiazole rings is 1. The minimum atomic E-state index is -0.585. The van der Waals surface area contributed by atoms with Crippen molar-refractivity contribution in [1.29, 1.82) is 0 Å². The molecule has 0 saturated heterocycles. The Morgan fingerprint density at radius 3 is 3.00 bits per heavy atom. The van der Waals surface area contributed by atoms with Gasteiger partial charge in [0.15, 0.2) is 0 Å². The summed E-state index contributed by atoms with van der Waals surface area (Å²) < 4.78 is 0. The molecule has 0 aliphatic carbocycles. The van der Waals surface area contributed by atoms with E-state index in [1.165, 1.54) is 11.3 Å². The van der Waals surface area contributed by atoms with Gasteiger partial charge in [-0.25, -0.2) is 4.98 Å². The van der Waals surface area contributed by atoms with Crippen molar-refractivity contribution in [2.75, 3.05) is 6.54 Å². The van der Waals surface area contributed by atoms with E-state index in [-0.39, 0.29) is 6.54 Å². The first kappa shape index (κ1) is 7.65. The number of hydrogen-bond acceptors (Lipinski definition) is 4. The highest BCUT2D eigenvalue weighted by Gasteiger charge is 2.07. The second-order valence-corrected chi connectivity index (χ2v) is 2.97. The van der Waals surface area contributed by atoms with Gasteiger partial charge in [-0.05, 0) is 6.92 Å². The molecule has 0 aliphatic heterocycles. The average Bonchev–Trinajstić information content (AvgIpc) is 2.34. The van der Waals surface area contributed by atoms with Crippen LogP contribution in [0.25, 0.3) is 0 Å². The summed E-state index contributed by atoms with van der Waals surface area (Å²) in [6.45, 7) is 2.14. The molecule has 0 aromatic carbocycles. The SMILES string of the molecule is Cc1csc([C@H](O)CN)n1. The van der Waals surface area contributed by atoms with Gasteiger partial charge in [-0.3, -0.25) is 0 Å². The summed E-state index contributed by atoms with van der Waals surface area (Å²) in [6, 6.07) is 0. The number of nitrogens with zero attached hydrogens (tertiary/aromatic N) is 1. The lowest BCUT2D eigenvalue weighted by Gasteiger charge is -2.00. The maximum atomic E-state index is 9.17. The number of aliphatic hydroxyl groups is 1. The second-order valence-electron chi connectivity index (χ2n) is 2.08. The van der Waals surface area contributed by atoms with Crippen LogP contribution in [0.2, 0.25) is 0 Å². The first-order valence-corrected chi connectivity index (χ1v) is 3.92. The maximum absolute atomic E-state index is 9.17. The normalized spacial score (nSPS) is 13.5. The smallest absolute Gasteiger partial charge is 0.123 e. The summed E-state index contributed by atoms with van der Waals surface area (Å²) in [7, 11) is 0. The second kappa shape index (κ2) is 3.09. The van der Waals surface area contributed by atoms with Crippen molar-refractivity contribution < 1.29 is 5.11 Å². The van der Waals surface area contributed by atoms with E-state index in [1.807, 2.05) is 12.3 Å². The zero-order valence-electron chi connectivity index (χ0n) is 5.74. The third kappa shape index (κ3) is 1.53. The van der Waals surface area contributed by atoms with Gasteiger partial charge < -0.3 is 10.8 Å². The summed E-state index contributed by atoms with van der Waals surface area (Å²) >= 11 is 1.44. The summed E-state index contributed by atoms with van der Waals surface area (Å²) in [5.41, 5.74) is 6.17. The molecule has 0 amide bonds. The topological polar surface area (TPSA) is 59.1 Å². The molecule has 0 bridgehead atoms. The Bertz CT molecular complexity index is 211. The van der Waals surface area contributed by atoms with Crippen LogP contribution in [-0.4, -0.2) is 16.6 Å². The van der Waals surface area contributed by atoms with Crippen molar-refractivity contribution >= 4 is 11.3 Å². The van der Waals surface area contributed by atoms with E-state index in [9.17, 15) is 0 Å². The molecular formula is C6H10N2OS.